The maximum Gasteiger partial charge on any atom is 0.273 e. The minimum atomic E-state index is -0.173. The summed E-state index contributed by atoms with van der Waals surface area (Å²) in [5.74, 6) is 1.01. The highest BCUT2D eigenvalue weighted by molar-refractivity contribution is 7.13. The fraction of sp³-hybridized carbons (Fsp3) is 0.333. The number of nitrogens with one attached hydrogen (secondary N) is 2. The fourth-order valence-electron chi connectivity index (χ4n) is 1.74. The second-order valence-electron chi connectivity index (χ2n) is 4.29. The second-order valence-corrected chi connectivity index (χ2v) is 5.24. The number of hydrogen-bond donors (Lipinski definition) is 2. The van der Waals surface area contributed by atoms with Crippen LogP contribution in [-0.4, -0.2) is 30.7 Å². The third-order valence-electron chi connectivity index (χ3n) is 2.92. The molecule has 1 aliphatic heterocycles. The van der Waals surface area contributed by atoms with Crippen molar-refractivity contribution in [2.45, 2.75) is 0 Å². The Kier molecular flexibility index (Phi) is 4.57. The van der Waals surface area contributed by atoms with Crippen molar-refractivity contribution in [3.8, 4) is 10.6 Å². The summed E-state index contributed by atoms with van der Waals surface area (Å²) < 4.78 is 5.16. The number of aromatic nitrogens is 1. The van der Waals surface area contributed by atoms with Gasteiger partial charge >= 0.3 is 0 Å². The van der Waals surface area contributed by atoms with Gasteiger partial charge in [0.2, 0.25) is 0 Å². The molecule has 2 aromatic heterocycles. The summed E-state index contributed by atoms with van der Waals surface area (Å²) in [6.45, 7) is 2.63. The van der Waals surface area contributed by atoms with Crippen LogP contribution >= 0.6 is 23.7 Å². The topological polar surface area (TPSA) is 67.2 Å². The Bertz CT molecular complexity index is 537. The number of carbonyl (C=O) groups is 1. The summed E-state index contributed by atoms with van der Waals surface area (Å²) in [6.07, 6.45) is 0. The number of nitrogens with zero attached hydrogens (tertiary/aromatic N) is 1. The highest BCUT2D eigenvalue weighted by atomic mass is 35.5. The molecule has 1 saturated heterocycles. The van der Waals surface area contributed by atoms with Crippen LogP contribution in [0.25, 0.3) is 10.6 Å². The Morgan fingerprint density at radius 3 is 3.05 bits per heavy atom. The van der Waals surface area contributed by atoms with Crippen LogP contribution in [-0.2, 0) is 0 Å². The normalized spacial score (nSPS) is 14.5. The molecule has 1 fully saturated rings. The van der Waals surface area contributed by atoms with Crippen molar-refractivity contribution in [2.75, 3.05) is 19.6 Å². The molecular weight excluding hydrogens is 286 g/mol. The molecule has 2 N–H and O–H groups in total. The third kappa shape index (κ3) is 3.15. The smallest absolute Gasteiger partial charge is 0.273 e. The molecule has 3 heterocycles. The summed E-state index contributed by atoms with van der Waals surface area (Å²) in [7, 11) is 0. The molecule has 0 aromatic carbocycles. The van der Waals surface area contributed by atoms with Crippen molar-refractivity contribution in [1.82, 2.24) is 15.8 Å². The van der Waals surface area contributed by atoms with Crippen molar-refractivity contribution in [3.05, 3.63) is 29.3 Å². The largest absolute Gasteiger partial charge is 0.355 e. The highest BCUT2D eigenvalue weighted by Gasteiger charge is 2.19. The number of rotatable bonds is 4. The van der Waals surface area contributed by atoms with E-state index >= 15 is 0 Å². The molecule has 0 atom stereocenters. The van der Waals surface area contributed by atoms with Gasteiger partial charge in [-0.2, -0.15) is 0 Å². The lowest BCUT2D eigenvalue weighted by atomic mass is 10.0. The van der Waals surface area contributed by atoms with Crippen LogP contribution in [0.1, 0.15) is 10.5 Å². The predicted molar refractivity (Wildman–Crippen MR) is 75.8 cm³/mol. The molecule has 1 amide bonds. The van der Waals surface area contributed by atoms with Crippen LogP contribution in [0.15, 0.2) is 28.1 Å². The van der Waals surface area contributed by atoms with Gasteiger partial charge in [0.1, 0.15) is 0 Å². The van der Waals surface area contributed by atoms with Crippen molar-refractivity contribution in [1.29, 1.82) is 0 Å². The van der Waals surface area contributed by atoms with Crippen molar-refractivity contribution >= 4 is 29.7 Å². The SMILES string of the molecule is Cl.O=C(NCC1CNC1)c1cc(-c2cccs2)on1. The lowest BCUT2D eigenvalue weighted by molar-refractivity contribution is 0.0933. The first-order valence-electron chi connectivity index (χ1n) is 5.82. The van der Waals surface area contributed by atoms with Gasteiger partial charge in [-0.25, -0.2) is 0 Å². The van der Waals surface area contributed by atoms with Gasteiger partial charge in [-0.3, -0.25) is 4.79 Å². The van der Waals surface area contributed by atoms with Crippen LogP contribution < -0.4 is 10.6 Å². The standard InChI is InChI=1S/C12H13N3O2S.ClH/c16-12(14-7-8-5-13-6-8)9-4-10(17-15-9)11-2-1-3-18-11;/h1-4,8,13H,5-7H2,(H,14,16);1H. The van der Waals surface area contributed by atoms with Gasteiger partial charge in [0, 0.05) is 31.6 Å². The molecule has 102 valence electrons. The molecule has 0 aliphatic carbocycles. The minimum absolute atomic E-state index is 0. The van der Waals surface area contributed by atoms with E-state index in [1.165, 1.54) is 0 Å². The Balaban J connectivity index is 0.00000133. The van der Waals surface area contributed by atoms with E-state index in [1.54, 1.807) is 17.4 Å². The van der Waals surface area contributed by atoms with Gasteiger partial charge in [-0.05, 0) is 11.4 Å². The second kappa shape index (κ2) is 6.18. The van der Waals surface area contributed by atoms with Gasteiger partial charge in [0.25, 0.3) is 5.91 Å². The number of carbonyl (C=O) groups excluding carboxylic acids is 1. The van der Waals surface area contributed by atoms with Crippen LogP contribution in [0.3, 0.4) is 0 Å². The summed E-state index contributed by atoms with van der Waals surface area (Å²) >= 11 is 1.56. The number of halogens is 1. The fourth-order valence-corrected chi connectivity index (χ4v) is 2.41. The average Bonchev–Trinajstić information content (AvgIpc) is 2.97. The lowest BCUT2D eigenvalue weighted by Gasteiger charge is -2.26. The molecule has 5 nitrogen and oxygen atoms in total. The average molecular weight is 300 g/mol. The molecule has 0 radical (unpaired) electrons. The zero-order valence-corrected chi connectivity index (χ0v) is 11.7. The Labute approximate surface area is 120 Å². The van der Waals surface area contributed by atoms with E-state index in [0.29, 0.717) is 23.9 Å². The first-order chi connectivity index (χ1) is 8.83. The first kappa shape index (κ1) is 14.0. The van der Waals surface area contributed by atoms with Gasteiger partial charge < -0.3 is 15.2 Å². The maximum atomic E-state index is 11.8. The van der Waals surface area contributed by atoms with Crippen LogP contribution in [0, 0.1) is 5.92 Å². The Morgan fingerprint density at radius 2 is 2.42 bits per heavy atom. The number of amides is 1. The van der Waals surface area contributed by atoms with Gasteiger partial charge in [-0.1, -0.05) is 11.2 Å². The monoisotopic (exact) mass is 299 g/mol. The van der Waals surface area contributed by atoms with Gasteiger partial charge in [-0.15, -0.1) is 23.7 Å². The molecule has 1 aliphatic rings. The molecule has 7 heteroatoms. The zero-order chi connectivity index (χ0) is 12.4. The Morgan fingerprint density at radius 1 is 1.58 bits per heavy atom. The minimum Gasteiger partial charge on any atom is -0.355 e. The van der Waals surface area contributed by atoms with Crippen molar-refractivity contribution in [3.63, 3.8) is 0 Å². The van der Waals surface area contributed by atoms with E-state index in [4.69, 9.17) is 4.52 Å². The number of hydrogen-bond acceptors (Lipinski definition) is 5. The van der Waals surface area contributed by atoms with Crippen LogP contribution in [0.5, 0.6) is 0 Å². The first-order valence-corrected chi connectivity index (χ1v) is 6.70. The lowest BCUT2D eigenvalue weighted by Crippen LogP contribution is -2.48. The van der Waals surface area contributed by atoms with Crippen LogP contribution in [0.2, 0.25) is 0 Å². The van der Waals surface area contributed by atoms with E-state index in [1.807, 2.05) is 17.5 Å². The van der Waals surface area contributed by atoms with E-state index < -0.39 is 0 Å². The molecule has 19 heavy (non-hydrogen) atoms. The van der Waals surface area contributed by atoms with Crippen LogP contribution in [0.4, 0.5) is 0 Å². The summed E-state index contributed by atoms with van der Waals surface area (Å²) in [6, 6.07) is 5.55. The molecule has 0 spiro atoms. The highest BCUT2D eigenvalue weighted by Crippen LogP contribution is 2.24. The molecule has 2 aromatic rings. The summed E-state index contributed by atoms with van der Waals surface area (Å²) in [4.78, 5) is 12.8. The Hall–Kier alpha value is -1.37. The van der Waals surface area contributed by atoms with E-state index in [-0.39, 0.29) is 18.3 Å². The molecular formula is C12H14ClN3O2S. The van der Waals surface area contributed by atoms with Crippen molar-refractivity contribution < 1.29 is 9.32 Å². The van der Waals surface area contributed by atoms with E-state index in [9.17, 15) is 4.79 Å². The maximum absolute atomic E-state index is 11.8. The quantitative estimate of drug-likeness (QED) is 0.903. The van der Waals surface area contributed by atoms with Gasteiger partial charge in [0.05, 0.1) is 4.88 Å². The molecule has 0 bridgehead atoms. The molecule has 3 rings (SSSR count). The number of thiophene rings is 1. The van der Waals surface area contributed by atoms with Crippen molar-refractivity contribution in [2.24, 2.45) is 5.92 Å². The molecule has 0 saturated carbocycles. The van der Waals surface area contributed by atoms with E-state index in [0.717, 1.165) is 18.0 Å². The predicted octanol–water partition coefficient (Wildman–Crippen LogP) is 1.77. The third-order valence-corrected chi connectivity index (χ3v) is 3.81. The van der Waals surface area contributed by atoms with E-state index in [2.05, 4.69) is 15.8 Å². The molecule has 0 unspecified atom stereocenters. The summed E-state index contributed by atoms with van der Waals surface area (Å²) in [5.41, 5.74) is 0.339. The van der Waals surface area contributed by atoms with Gasteiger partial charge in [0.15, 0.2) is 11.5 Å². The summed E-state index contributed by atoms with van der Waals surface area (Å²) in [5, 5.41) is 11.8. The zero-order valence-electron chi connectivity index (χ0n) is 10.1.